The van der Waals surface area contributed by atoms with Crippen LogP contribution in [0.25, 0.3) is 0 Å². The van der Waals surface area contributed by atoms with E-state index in [4.69, 9.17) is 5.73 Å². The maximum atomic E-state index is 12.8. The molecule has 114 valence electrons. The zero-order chi connectivity index (χ0) is 15.3. The number of amides is 1. The largest absolute Gasteiger partial charge is 0.340 e. The molecule has 1 fully saturated rings. The van der Waals surface area contributed by atoms with Crippen molar-refractivity contribution in [1.29, 1.82) is 0 Å². The van der Waals surface area contributed by atoms with Gasteiger partial charge in [-0.3, -0.25) is 4.79 Å². The van der Waals surface area contributed by atoms with Crippen LogP contribution in [0.2, 0.25) is 0 Å². The Morgan fingerprint density at radius 3 is 2.81 bits per heavy atom. The second-order valence-electron chi connectivity index (χ2n) is 5.81. The molecule has 0 radical (unpaired) electrons. The van der Waals surface area contributed by atoms with E-state index < -0.39 is 0 Å². The molecular weight excluding hydrogens is 280 g/mol. The van der Waals surface area contributed by atoms with Crippen molar-refractivity contribution in [2.75, 3.05) is 13.6 Å². The summed E-state index contributed by atoms with van der Waals surface area (Å²) in [6, 6.07) is 2.06. The van der Waals surface area contributed by atoms with Crippen LogP contribution in [0.3, 0.4) is 0 Å². The maximum absolute atomic E-state index is 12.8. The summed E-state index contributed by atoms with van der Waals surface area (Å²) in [5.74, 6) is 6.20. The van der Waals surface area contributed by atoms with Crippen molar-refractivity contribution in [2.24, 2.45) is 11.1 Å². The van der Waals surface area contributed by atoms with Gasteiger partial charge in [0.2, 0.25) is 5.91 Å². The fourth-order valence-corrected chi connectivity index (χ4v) is 4.03. The van der Waals surface area contributed by atoms with Crippen molar-refractivity contribution in [1.82, 2.24) is 4.90 Å². The first-order valence-electron chi connectivity index (χ1n) is 7.63. The molecule has 1 amide bonds. The lowest BCUT2D eigenvalue weighted by molar-refractivity contribution is -0.141. The Kier molecular flexibility index (Phi) is 5.44. The van der Waals surface area contributed by atoms with Gasteiger partial charge in [0.05, 0.1) is 13.1 Å². The number of rotatable bonds is 4. The highest BCUT2D eigenvalue weighted by Gasteiger charge is 2.40. The normalized spacial score (nSPS) is 16.3. The lowest BCUT2D eigenvalue weighted by Gasteiger charge is -2.31. The Morgan fingerprint density at radius 1 is 1.48 bits per heavy atom. The Labute approximate surface area is 131 Å². The highest BCUT2D eigenvalue weighted by Crippen LogP contribution is 2.42. The molecular formula is C17H24N2OS. The van der Waals surface area contributed by atoms with Crippen LogP contribution in [0.4, 0.5) is 0 Å². The number of nitrogens with zero attached hydrogens (tertiary/aromatic N) is 1. The molecule has 1 aromatic heterocycles. The average molecular weight is 304 g/mol. The molecule has 0 bridgehead atoms. The van der Waals surface area contributed by atoms with E-state index in [2.05, 4.69) is 24.8 Å². The Bertz CT molecular complexity index is 547. The molecule has 1 aliphatic carbocycles. The van der Waals surface area contributed by atoms with Crippen molar-refractivity contribution in [3.63, 3.8) is 0 Å². The molecule has 0 spiro atoms. The first-order valence-corrected chi connectivity index (χ1v) is 8.51. The maximum Gasteiger partial charge on any atom is 0.228 e. The van der Waals surface area contributed by atoms with Crippen LogP contribution >= 0.6 is 11.3 Å². The minimum Gasteiger partial charge on any atom is -0.340 e. The topological polar surface area (TPSA) is 46.3 Å². The van der Waals surface area contributed by atoms with Gasteiger partial charge >= 0.3 is 0 Å². The molecule has 0 unspecified atom stereocenters. The van der Waals surface area contributed by atoms with E-state index in [1.54, 1.807) is 11.3 Å². The summed E-state index contributed by atoms with van der Waals surface area (Å²) in [7, 11) is 1.92. The van der Waals surface area contributed by atoms with Crippen LogP contribution < -0.4 is 5.73 Å². The molecule has 1 saturated carbocycles. The monoisotopic (exact) mass is 304 g/mol. The van der Waals surface area contributed by atoms with Crippen LogP contribution in [0.15, 0.2) is 11.4 Å². The number of hydrogen-bond donors (Lipinski definition) is 1. The Hall–Kier alpha value is -1.31. The number of thiophene rings is 1. The lowest BCUT2D eigenvalue weighted by Crippen LogP contribution is -2.39. The van der Waals surface area contributed by atoms with Crippen molar-refractivity contribution in [3.05, 3.63) is 21.9 Å². The van der Waals surface area contributed by atoms with Crippen molar-refractivity contribution >= 4 is 17.2 Å². The van der Waals surface area contributed by atoms with E-state index in [1.165, 1.54) is 17.7 Å². The molecule has 1 aromatic rings. The number of hydrogen-bond acceptors (Lipinski definition) is 3. The first-order chi connectivity index (χ1) is 10.1. The summed E-state index contributed by atoms with van der Waals surface area (Å²) in [6.07, 6.45) is 5.42. The molecule has 3 nitrogen and oxygen atoms in total. The van der Waals surface area contributed by atoms with Crippen molar-refractivity contribution in [2.45, 2.75) is 45.6 Å². The van der Waals surface area contributed by atoms with Crippen LogP contribution in [0.1, 0.15) is 49.5 Å². The minimum atomic E-state index is -0.103. The molecule has 21 heavy (non-hydrogen) atoms. The zero-order valence-corrected chi connectivity index (χ0v) is 13.8. The predicted octanol–water partition coefficient (Wildman–Crippen LogP) is 2.99. The highest BCUT2D eigenvalue weighted by atomic mass is 32.1. The molecule has 1 heterocycles. The quantitative estimate of drug-likeness (QED) is 0.869. The molecule has 0 aromatic carbocycles. The minimum absolute atomic E-state index is 0.103. The zero-order valence-electron chi connectivity index (χ0n) is 12.9. The SMILES string of the molecule is CCC1(C(=O)N(C)Cc2cc(C#CCN)cs2)CCCC1. The fraction of sp³-hybridized carbons (Fsp3) is 0.588. The molecule has 1 aliphatic rings. The van der Waals surface area contributed by atoms with Crippen molar-refractivity contribution in [3.8, 4) is 11.8 Å². The third kappa shape index (κ3) is 3.66. The van der Waals surface area contributed by atoms with Gasteiger partial charge in [-0.1, -0.05) is 31.6 Å². The number of carbonyl (C=O) groups excluding carboxylic acids is 1. The fourth-order valence-electron chi connectivity index (χ4n) is 3.16. The van der Waals surface area contributed by atoms with E-state index in [1.807, 2.05) is 17.3 Å². The molecule has 2 N–H and O–H groups in total. The van der Waals surface area contributed by atoms with Gasteiger partial charge in [-0.15, -0.1) is 11.3 Å². The van der Waals surface area contributed by atoms with E-state index in [-0.39, 0.29) is 5.41 Å². The summed E-state index contributed by atoms with van der Waals surface area (Å²) < 4.78 is 0. The van der Waals surface area contributed by atoms with Crippen LogP contribution in [0.5, 0.6) is 0 Å². The van der Waals surface area contributed by atoms with E-state index in [0.717, 1.165) is 24.8 Å². The van der Waals surface area contributed by atoms with Crippen LogP contribution in [-0.4, -0.2) is 24.4 Å². The summed E-state index contributed by atoms with van der Waals surface area (Å²) in [4.78, 5) is 15.8. The first kappa shape index (κ1) is 16.1. The van der Waals surface area contributed by atoms with Gasteiger partial charge in [0.15, 0.2) is 0 Å². The third-order valence-corrected chi connectivity index (χ3v) is 5.34. The van der Waals surface area contributed by atoms with Gasteiger partial charge in [-0.05, 0) is 25.3 Å². The van der Waals surface area contributed by atoms with Crippen LogP contribution in [-0.2, 0) is 11.3 Å². The summed E-state index contributed by atoms with van der Waals surface area (Å²) in [5.41, 5.74) is 6.27. The van der Waals surface area contributed by atoms with Gasteiger partial charge in [0, 0.05) is 28.3 Å². The summed E-state index contributed by atoms with van der Waals surface area (Å²) in [5, 5.41) is 2.03. The van der Waals surface area contributed by atoms with Crippen LogP contribution in [0, 0.1) is 17.3 Å². The highest BCUT2D eigenvalue weighted by molar-refractivity contribution is 7.10. The van der Waals surface area contributed by atoms with E-state index in [0.29, 0.717) is 19.0 Å². The van der Waals surface area contributed by atoms with Crippen molar-refractivity contribution < 1.29 is 4.79 Å². The average Bonchev–Trinajstić information content (AvgIpc) is 3.14. The van der Waals surface area contributed by atoms with E-state index >= 15 is 0 Å². The standard InChI is InChI=1S/C17H24N2OS/c1-3-17(8-4-5-9-17)16(20)19(2)12-15-11-14(13-21-15)7-6-10-18/h11,13H,3-5,8-10,12,18H2,1-2H3. The Balaban J connectivity index is 2.02. The molecule has 0 saturated heterocycles. The second kappa shape index (κ2) is 7.11. The Morgan fingerprint density at radius 2 is 2.19 bits per heavy atom. The predicted molar refractivity (Wildman–Crippen MR) is 87.9 cm³/mol. The summed E-state index contributed by atoms with van der Waals surface area (Å²) in [6.45, 7) is 3.20. The van der Waals surface area contributed by atoms with Gasteiger partial charge in [0.25, 0.3) is 0 Å². The van der Waals surface area contributed by atoms with Gasteiger partial charge < -0.3 is 10.6 Å². The smallest absolute Gasteiger partial charge is 0.228 e. The van der Waals surface area contributed by atoms with Gasteiger partial charge in [-0.25, -0.2) is 0 Å². The summed E-state index contributed by atoms with van der Waals surface area (Å²) >= 11 is 1.66. The molecule has 4 heteroatoms. The molecule has 0 atom stereocenters. The van der Waals surface area contributed by atoms with Gasteiger partial charge in [0.1, 0.15) is 0 Å². The lowest BCUT2D eigenvalue weighted by atomic mass is 9.82. The number of nitrogens with two attached hydrogens (primary N) is 1. The van der Waals surface area contributed by atoms with E-state index in [9.17, 15) is 4.79 Å². The molecule has 2 rings (SSSR count). The third-order valence-electron chi connectivity index (χ3n) is 4.42. The van der Waals surface area contributed by atoms with Gasteiger partial charge in [-0.2, -0.15) is 0 Å². The number of carbonyl (C=O) groups is 1. The molecule has 0 aliphatic heterocycles. The second-order valence-corrected chi connectivity index (χ2v) is 6.81.